The molecule has 1 N–H and O–H groups in total. The second kappa shape index (κ2) is 7.82. The topological polar surface area (TPSA) is 77.9 Å². The van der Waals surface area contributed by atoms with Gasteiger partial charge in [-0.2, -0.15) is 0 Å². The largest absolute Gasteiger partial charge is 0.478 e. The zero-order valence-corrected chi connectivity index (χ0v) is 14.3. The molecule has 0 bridgehead atoms. The van der Waals surface area contributed by atoms with Crippen LogP contribution >= 0.6 is 0 Å². The summed E-state index contributed by atoms with van der Waals surface area (Å²) in [6, 6.07) is 15.0. The minimum absolute atomic E-state index is 0.0225. The molecule has 0 aromatic heterocycles. The highest BCUT2D eigenvalue weighted by Gasteiger charge is 2.23. The van der Waals surface area contributed by atoms with Crippen LogP contribution in [0.25, 0.3) is 0 Å². The van der Waals surface area contributed by atoms with Gasteiger partial charge in [-0.25, -0.2) is 4.79 Å². The van der Waals surface area contributed by atoms with E-state index in [1.165, 1.54) is 24.3 Å². The van der Waals surface area contributed by atoms with E-state index in [9.17, 15) is 14.4 Å². The van der Waals surface area contributed by atoms with E-state index in [1.54, 1.807) is 21.9 Å². The maximum absolute atomic E-state index is 12.7. The number of aromatic carboxylic acids is 1. The maximum Gasteiger partial charge on any atom is 0.335 e. The summed E-state index contributed by atoms with van der Waals surface area (Å²) in [7, 11) is 0. The highest BCUT2D eigenvalue weighted by atomic mass is 16.4. The van der Waals surface area contributed by atoms with Crippen LogP contribution in [0.1, 0.15) is 37.5 Å². The molecule has 1 aliphatic rings. The third-order valence-electron chi connectivity index (χ3n) is 4.47. The summed E-state index contributed by atoms with van der Waals surface area (Å²) >= 11 is 0. The van der Waals surface area contributed by atoms with Crippen molar-refractivity contribution in [3.63, 3.8) is 0 Å². The number of hydrogen-bond acceptors (Lipinski definition) is 3. The van der Waals surface area contributed by atoms with Crippen LogP contribution in [0.3, 0.4) is 0 Å². The Morgan fingerprint density at radius 1 is 0.654 bits per heavy atom. The first kappa shape index (κ1) is 17.7. The van der Waals surface area contributed by atoms with E-state index in [0.717, 1.165) is 0 Å². The molecule has 0 aliphatic carbocycles. The van der Waals surface area contributed by atoms with Crippen molar-refractivity contribution in [2.75, 3.05) is 26.2 Å². The average molecular weight is 352 g/mol. The van der Waals surface area contributed by atoms with Crippen LogP contribution in [0, 0.1) is 0 Å². The molecule has 1 saturated heterocycles. The van der Waals surface area contributed by atoms with Crippen molar-refractivity contribution >= 4 is 17.8 Å². The molecule has 2 amide bonds. The van der Waals surface area contributed by atoms with Crippen molar-refractivity contribution in [3.05, 3.63) is 71.3 Å². The Morgan fingerprint density at radius 2 is 1.12 bits per heavy atom. The van der Waals surface area contributed by atoms with Crippen LogP contribution in [0.4, 0.5) is 0 Å². The fourth-order valence-electron chi connectivity index (χ4n) is 3.02. The lowest BCUT2D eigenvalue weighted by Crippen LogP contribution is -2.37. The quantitative estimate of drug-likeness (QED) is 0.920. The van der Waals surface area contributed by atoms with Crippen LogP contribution in [-0.2, 0) is 0 Å². The lowest BCUT2D eigenvalue weighted by atomic mass is 10.1. The smallest absolute Gasteiger partial charge is 0.335 e. The van der Waals surface area contributed by atoms with E-state index in [0.29, 0.717) is 43.7 Å². The van der Waals surface area contributed by atoms with Crippen molar-refractivity contribution in [2.45, 2.75) is 6.42 Å². The van der Waals surface area contributed by atoms with Crippen molar-refractivity contribution in [1.82, 2.24) is 9.80 Å². The number of carbonyl (C=O) groups excluding carboxylic acids is 2. The van der Waals surface area contributed by atoms with Crippen molar-refractivity contribution in [3.8, 4) is 0 Å². The zero-order chi connectivity index (χ0) is 18.5. The van der Waals surface area contributed by atoms with Crippen LogP contribution in [0.5, 0.6) is 0 Å². The standard InChI is InChI=1S/C20H20N2O4/c23-18(15-5-2-1-3-6-15)21-11-4-12-22(14-13-21)19(24)16-7-9-17(10-8-16)20(25)26/h1-3,5-10H,4,11-14H2,(H,25,26). The fraction of sp³-hybridized carbons (Fsp3) is 0.250. The van der Waals surface area contributed by atoms with E-state index in [2.05, 4.69) is 0 Å². The third-order valence-corrected chi connectivity index (χ3v) is 4.47. The molecule has 0 saturated carbocycles. The summed E-state index contributed by atoms with van der Waals surface area (Å²) in [5.74, 6) is -1.18. The summed E-state index contributed by atoms with van der Waals surface area (Å²) in [5, 5.41) is 8.94. The lowest BCUT2D eigenvalue weighted by Gasteiger charge is -2.22. The van der Waals surface area contributed by atoms with Crippen LogP contribution in [0.2, 0.25) is 0 Å². The number of benzene rings is 2. The normalized spacial score (nSPS) is 14.6. The van der Waals surface area contributed by atoms with Gasteiger partial charge in [-0.1, -0.05) is 18.2 Å². The molecule has 6 heteroatoms. The first-order valence-electron chi connectivity index (χ1n) is 8.53. The Labute approximate surface area is 151 Å². The van der Waals surface area contributed by atoms with Crippen molar-refractivity contribution < 1.29 is 19.5 Å². The van der Waals surface area contributed by atoms with Crippen LogP contribution < -0.4 is 0 Å². The molecule has 2 aromatic rings. The molecule has 2 aromatic carbocycles. The highest BCUT2D eigenvalue weighted by Crippen LogP contribution is 2.13. The van der Waals surface area contributed by atoms with Gasteiger partial charge in [-0.05, 0) is 42.8 Å². The molecule has 0 radical (unpaired) electrons. The second-order valence-corrected chi connectivity index (χ2v) is 6.19. The number of carboxylic acids is 1. The van der Waals surface area contributed by atoms with E-state index < -0.39 is 5.97 Å². The van der Waals surface area contributed by atoms with E-state index in [1.807, 2.05) is 18.2 Å². The Morgan fingerprint density at radius 3 is 1.62 bits per heavy atom. The van der Waals surface area contributed by atoms with Gasteiger partial charge in [0.05, 0.1) is 5.56 Å². The molecule has 0 atom stereocenters. The van der Waals surface area contributed by atoms with Gasteiger partial charge in [0.25, 0.3) is 11.8 Å². The molecular weight excluding hydrogens is 332 g/mol. The highest BCUT2D eigenvalue weighted by molar-refractivity contribution is 5.96. The average Bonchev–Trinajstić information content (AvgIpc) is 2.94. The number of carbonyl (C=O) groups is 3. The van der Waals surface area contributed by atoms with Crippen molar-refractivity contribution in [1.29, 1.82) is 0 Å². The number of rotatable bonds is 3. The number of nitrogens with zero attached hydrogens (tertiary/aromatic N) is 2. The molecule has 3 rings (SSSR count). The van der Waals surface area contributed by atoms with E-state index in [4.69, 9.17) is 5.11 Å². The summed E-state index contributed by atoms with van der Waals surface area (Å²) in [4.78, 5) is 39.6. The Hall–Kier alpha value is -3.15. The Balaban J connectivity index is 1.65. The minimum atomic E-state index is -1.02. The molecule has 0 spiro atoms. The first-order chi connectivity index (χ1) is 12.6. The third kappa shape index (κ3) is 3.91. The number of amides is 2. The fourth-order valence-corrected chi connectivity index (χ4v) is 3.02. The summed E-state index contributed by atoms with van der Waals surface area (Å²) in [5.41, 5.74) is 1.26. The SMILES string of the molecule is O=C(O)c1ccc(C(=O)N2CCCN(C(=O)c3ccccc3)CC2)cc1. The summed E-state index contributed by atoms with van der Waals surface area (Å²) in [6.07, 6.45) is 0.706. The monoisotopic (exact) mass is 352 g/mol. The molecule has 26 heavy (non-hydrogen) atoms. The van der Waals surface area contributed by atoms with Gasteiger partial charge >= 0.3 is 5.97 Å². The molecular formula is C20H20N2O4. The minimum Gasteiger partial charge on any atom is -0.478 e. The van der Waals surface area contributed by atoms with Gasteiger partial charge < -0.3 is 14.9 Å². The number of carboxylic acid groups (broad SMARTS) is 1. The molecule has 134 valence electrons. The van der Waals surface area contributed by atoms with Gasteiger partial charge in [-0.15, -0.1) is 0 Å². The van der Waals surface area contributed by atoms with Gasteiger partial charge in [0.2, 0.25) is 0 Å². The van der Waals surface area contributed by atoms with Crippen molar-refractivity contribution in [2.24, 2.45) is 0 Å². The lowest BCUT2D eigenvalue weighted by molar-refractivity contribution is 0.0694. The second-order valence-electron chi connectivity index (χ2n) is 6.19. The number of hydrogen-bond donors (Lipinski definition) is 1. The van der Waals surface area contributed by atoms with E-state index >= 15 is 0 Å². The van der Waals surface area contributed by atoms with Gasteiger partial charge in [0.1, 0.15) is 0 Å². The summed E-state index contributed by atoms with van der Waals surface area (Å²) in [6.45, 7) is 2.11. The zero-order valence-electron chi connectivity index (χ0n) is 14.3. The predicted octanol–water partition coefficient (Wildman–Crippen LogP) is 2.37. The molecule has 6 nitrogen and oxygen atoms in total. The molecule has 0 unspecified atom stereocenters. The van der Waals surface area contributed by atoms with Crippen LogP contribution in [-0.4, -0.2) is 58.9 Å². The van der Waals surface area contributed by atoms with Gasteiger partial charge in [-0.3, -0.25) is 9.59 Å². The Bertz CT molecular complexity index is 802. The molecule has 1 heterocycles. The molecule has 1 fully saturated rings. The maximum atomic E-state index is 12.7. The Kier molecular flexibility index (Phi) is 5.31. The van der Waals surface area contributed by atoms with E-state index in [-0.39, 0.29) is 17.4 Å². The van der Waals surface area contributed by atoms with Gasteiger partial charge in [0, 0.05) is 37.3 Å². The first-order valence-corrected chi connectivity index (χ1v) is 8.53. The van der Waals surface area contributed by atoms with Crippen LogP contribution in [0.15, 0.2) is 54.6 Å². The van der Waals surface area contributed by atoms with Gasteiger partial charge in [0.15, 0.2) is 0 Å². The predicted molar refractivity (Wildman–Crippen MR) is 96.3 cm³/mol. The molecule has 1 aliphatic heterocycles. The summed E-state index contributed by atoms with van der Waals surface area (Å²) < 4.78 is 0.